The van der Waals surface area contributed by atoms with Crippen molar-refractivity contribution < 1.29 is 13.2 Å². The zero-order valence-corrected chi connectivity index (χ0v) is 16.3. The van der Waals surface area contributed by atoms with Crippen LogP contribution in [0.3, 0.4) is 0 Å². The molecule has 7 nitrogen and oxygen atoms in total. The van der Waals surface area contributed by atoms with Crippen molar-refractivity contribution in [3.8, 4) is 0 Å². The van der Waals surface area contributed by atoms with E-state index in [9.17, 15) is 13.2 Å². The summed E-state index contributed by atoms with van der Waals surface area (Å²) in [6, 6.07) is -0.238. The fourth-order valence-electron chi connectivity index (χ4n) is 4.16. The smallest absolute Gasteiger partial charge is 0.274 e. The maximum absolute atomic E-state index is 13.1. The lowest BCUT2D eigenvalue weighted by molar-refractivity contribution is 0.0775. The molecule has 2 aliphatic rings. The highest BCUT2D eigenvalue weighted by Crippen LogP contribution is 2.29. The van der Waals surface area contributed by atoms with Gasteiger partial charge in [-0.25, -0.2) is 13.1 Å². The molecule has 0 aromatic carbocycles. The fraction of sp³-hybridized carbons (Fsp3) is 0.765. The molecule has 1 amide bonds. The van der Waals surface area contributed by atoms with Crippen molar-refractivity contribution in [2.24, 2.45) is 18.9 Å². The highest BCUT2D eigenvalue weighted by Gasteiger charge is 2.40. The van der Waals surface area contributed by atoms with Crippen molar-refractivity contribution in [1.82, 2.24) is 19.4 Å². The van der Waals surface area contributed by atoms with Gasteiger partial charge >= 0.3 is 0 Å². The van der Waals surface area contributed by atoms with Gasteiger partial charge in [-0.1, -0.05) is 13.8 Å². The van der Waals surface area contributed by atoms with Gasteiger partial charge in [-0.3, -0.25) is 9.48 Å². The zero-order valence-electron chi connectivity index (χ0n) is 15.4. The van der Waals surface area contributed by atoms with E-state index >= 15 is 0 Å². The summed E-state index contributed by atoms with van der Waals surface area (Å²) in [4.78, 5) is 14.9. The molecule has 1 fully saturated rings. The summed E-state index contributed by atoms with van der Waals surface area (Å²) >= 11 is 0. The number of rotatable bonds is 4. The number of hydrogen-bond acceptors (Lipinski definition) is 4. The molecule has 1 aromatic rings. The summed E-state index contributed by atoms with van der Waals surface area (Å²) in [7, 11) is -1.41. The van der Waals surface area contributed by atoms with Gasteiger partial charge in [0.25, 0.3) is 5.91 Å². The van der Waals surface area contributed by atoms with Crippen molar-refractivity contribution >= 4 is 15.9 Å². The van der Waals surface area contributed by atoms with Crippen LogP contribution in [0.4, 0.5) is 0 Å². The average Bonchev–Trinajstić information content (AvgIpc) is 3.07. The number of nitrogens with zero attached hydrogens (tertiary/aromatic N) is 3. The van der Waals surface area contributed by atoms with E-state index in [1.165, 1.54) is 11.9 Å². The van der Waals surface area contributed by atoms with Crippen LogP contribution in [0.1, 0.15) is 48.4 Å². The van der Waals surface area contributed by atoms with Crippen LogP contribution in [-0.2, 0) is 29.9 Å². The van der Waals surface area contributed by atoms with E-state index in [0.29, 0.717) is 18.8 Å². The highest BCUT2D eigenvalue weighted by atomic mass is 32.2. The van der Waals surface area contributed by atoms with Gasteiger partial charge in [0, 0.05) is 37.4 Å². The summed E-state index contributed by atoms with van der Waals surface area (Å²) in [5.74, 6) is 0.329. The Labute approximate surface area is 149 Å². The molecule has 3 rings (SSSR count). The third kappa shape index (κ3) is 3.74. The molecule has 8 heteroatoms. The Morgan fingerprint density at radius 1 is 1.24 bits per heavy atom. The van der Waals surface area contributed by atoms with Gasteiger partial charge in [-0.05, 0) is 37.5 Å². The van der Waals surface area contributed by atoms with E-state index in [1.807, 2.05) is 11.7 Å². The lowest BCUT2D eigenvalue weighted by Gasteiger charge is -2.21. The number of amides is 1. The number of carbonyl (C=O) groups is 1. The Morgan fingerprint density at radius 3 is 2.56 bits per heavy atom. The predicted octanol–water partition coefficient (Wildman–Crippen LogP) is 0.945. The van der Waals surface area contributed by atoms with Crippen molar-refractivity contribution in [2.45, 2.75) is 45.6 Å². The molecule has 1 N–H and O–H groups in total. The lowest BCUT2D eigenvalue weighted by atomic mass is 9.92. The lowest BCUT2D eigenvalue weighted by Crippen LogP contribution is -2.41. The van der Waals surface area contributed by atoms with E-state index in [4.69, 9.17) is 0 Å². The van der Waals surface area contributed by atoms with Crippen LogP contribution in [0.5, 0.6) is 0 Å². The monoisotopic (exact) mass is 368 g/mol. The number of carbonyl (C=O) groups excluding carboxylic acids is 1. The first-order valence-corrected chi connectivity index (χ1v) is 10.9. The largest absolute Gasteiger partial charge is 0.335 e. The second-order valence-corrected chi connectivity index (χ2v) is 9.50. The first kappa shape index (κ1) is 18.4. The van der Waals surface area contributed by atoms with Crippen LogP contribution >= 0.6 is 0 Å². The number of hydrogen-bond donors (Lipinski definition) is 1. The summed E-state index contributed by atoms with van der Waals surface area (Å²) < 4.78 is 27.9. The van der Waals surface area contributed by atoms with Crippen LogP contribution in [0.15, 0.2) is 0 Å². The second kappa shape index (κ2) is 6.72. The van der Waals surface area contributed by atoms with E-state index in [0.717, 1.165) is 31.2 Å². The molecule has 0 radical (unpaired) electrons. The predicted molar refractivity (Wildman–Crippen MR) is 95.8 cm³/mol. The van der Waals surface area contributed by atoms with Gasteiger partial charge in [0.05, 0.1) is 6.26 Å². The first-order chi connectivity index (χ1) is 11.7. The van der Waals surface area contributed by atoms with Gasteiger partial charge in [0.2, 0.25) is 10.0 Å². The van der Waals surface area contributed by atoms with Crippen LogP contribution < -0.4 is 4.72 Å². The van der Waals surface area contributed by atoms with Crippen molar-refractivity contribution in [3.63, 3.8) is 0 Å². The summed E-state index contributed by atoms with van der Waals surface area (Å²) in [5, 5.41) is 4.49. The van der Waals surface area contributed by atoms with Crippen LogP contribution in [-0.4, -0.2) is 54.4 Å². The number of likely N-dealkylation sites (tertiary alicyclic amines) is 1. The topological polar surface area (TPSA) is 84.3 Å². The number of aromatic nitrogens is 2. The van der Waals surface area contributed by atoms with Crippen molar-refractivity contribution in [1.29, 1.82) is 0 Å². The summed E-state index contributed by atoms with van der Waals surface area (Å²) in [5.41, 5.74) is 2.80. The van der Waals surface area contributed by atoms with E-state index < -0.39 is 10.0 Å². The molecule has 2 unspecified atom stereocenters. The molecular weight excluding hydrogens is 340 g/mol. The standard InChI is InChI=1S/C17H28N4O3S/c1-11(2)13-9-21(10-14(13)19-25(4,23)24)17(22)16-12-7-5-6-8-15(12)20(3)18-16/h11,13-14,19H,5-10H2,1-4H3. The molecule has 2 atom stereocenters. The SMILES string of the molecule is CC(C)C1CN(C(=O)c2nn(C)c3c2CCCC3)CC1NS(C)(=O)=O. The maximum Gasteiger partial charge on any atom is 0.274 e. The van der Waals surface area contributed by atoms with Gasteiger partial charge in [-0.2, -0.15) is 5.10 Å². The molecule has 2 heterocycles. The van der Waals surface area contributed by atoms with Crippen LogP contribution in [0.2, 0.25) is 0 Å². The van der Waals surface area contributed by atoms with Crippen LogP contribution in [0, 0.1) is 11.8 Å². The third-order valence-electron chi connectivity index (χ3n) is 5.44. The number of sulfonamides is 1. The van der Waals surface area contributed by atoms with Gasteiger partial charge in [0.15, 0.2) is 5.69 Å². The minimum absolute atomic E-state index is 0.0674. The number of nitrogens with one attached hydrogen (secondary N) is 1. The maximum atomic E-state index is 13.1. The van der Waals surface area contributed by atoms with Crippen molar-refractivity contribution in [2.75, 3.05) is 19.3 Å². The molecule has 1 aromatic heterocycles. The van der Waals surface area contributed by atoms with Gasteiger partial charge < -0.3 is 4.90 Å². The molecule has 140 valence electrons. The minimum Gasteiger partial charge on any atom is -0.335 e. The fourth-order valence-corrected chi connectivity index (χ4v) is 4.96. The first-order valence-electron chi connectivity index (χ1n) is 8.98. The Bertz CT molecular complexity index is 769. The molecular formula is C17H28N4O3S. The Balaban J connectivity index is 1.84. The van der Waals surface area contributed by atoms with E-state index in [-0.39, 0.29) is 23.8 Å². The third-order valence-corrected chi connectivity index (χ3v) is 6.17. The zero-order chi connectivity index (χ0) is 18.4. The Kier molecular flexibility index (Phi) is 4.94. The minimum atomic E-state index is -3.31. The molecule has 0 bridgehead atoms. The number of fused-ring (bicyclic) bond motifs is 1. The summed E-state index contributed by atoms with van der Waals surface area (Å²) in [6.45, 7) is 5.10. The molecule has 1 saturated heterocycles. The van der Waals surface area contributed by atoms with Gasteiger partial charge in [-0.15, -0.1) is 0 Å². The Morgan fingerprint density at radius 2 is 1.92 bits per heavy atom. The summed E-state index contributed by atoms with van der Waals surface area (Å²) in [6.07, 6.45) is 5.27. The van der Waals surface area contributed by atoms with E-state index in [1.54, 1.807) is 4.90 Å². The second-order valence-electron chi connectivity index (χ2n) is 7.72. The normalized spacial score (nSPS) is 24.0. The number of aryl methyl sites for hydroxylation is 1. The molecule has 0 saturated carbocycles. The molecule has 1 aliphatic heterocycles. The average molecular weight is 369 g/mol. The molecule has 0 spiro atoms. The van der Waals surface area contributed by atoms with Gasteiger partial charge in [0.1, 0.15) is 0 Å². The quantitative estimate of drug-likeness (QED) is 0.857. The van der Waals surface area contributed by atoms with E-state index in [2.05, 4.69) is 23.7 Å². The Hall–Kier alpha value is -1.41. The van der Waals surface area contributed by atoms with Crippen LogP contribution in [0.25, 0.3) is 0 Å². The molecule has 25 heavy (non-hydrogen) atoms. The highest BCUT2D eigenvalue weighted by molar-refractivity contribution is 7.88. The van der Waals surface area contributed by atoms with Crippen molar-refractivity contribution in [3.05, 3.63) is 17.0 Å². The molecule has 1 aliphatic carbocycles.